The molecule has 1 N–H and O–H groups in total. The zero-order valence-electron chi connectivity index (χ0n) is 11.3. The van der Waals surface area contributed by atoms with Gasteiger partial charge in [0.25, 0.3) is 0 Å². The molecule has 1 aromatic heterocycles. The predicted octanol–water partition coefficient (Wildman–Crippen LogP) is 2.98. The monoisotopic (exact) mass is 261 g/mol. The Labute approximate surface area is 113 Å². The zero-order chi connectivity index (χ0) is 13.5. The number of rotatable bonds is 7. The summed E-state index contributed by atoms with van der Waals surface area (Å²) in [5.74, 6) is 3.29. The second-order valence-electron chi connectivity index (χ2n) is 4.12. The molecule has 0 aliphatic carbocycles. The Morgan fingerprint density at radius 2 is 1.89 bits per heavy atom. The Morgan fingerprint density at radius 3 is 2.68 bits per heavy atom. The highest BCUT2D eigenvalue weighted by atomic mass is 16.5. The van der Waals surface area contributed by atoms with Crippen LogP contribution in [0.4, 0.5) is 0 Å². The summed E-state index contributed by atoms with van der Waals surface area (Å²) in [4.78, 5) is 0. The van der Waals surface area contributed by atoms with Crippen LogP contribution >= 0.6 is 0 Å². The number of furan rings is 1. The van der Waals surface area contributed by atoms with Gasteiger partial charge in [-0.1, -0.05) is 13.0 Å². The van der Waals surface area contributed by atoms with Crippen molar-refractivity contribution < 1.29 is 13.9 Å². The highest BCUT2D eigenvalue weighted by molar-refractivity contribution is 5.32. The largest absolute Gasteiger partial charge is 0.497 e. The minimum absolute atomic E-state index is 0.416. The van der Waals surface area contributed by atoms with E-state index in [1.54, 1.807) is 7.11 Å². The van der Waals surface area contributed by atoms with Gasteiger partial charge in [0.15, 0.2) is 0 Å². The standard InChI is InChI=1S/C15H19NO3/c1-3-16-10-14-7-8-15(19-14)11-18-13-6-4-5-12(9-13)17-2/h4-9,16H,3,10-11H2,1-2H3. The van der Waals surface area contributed by atoms with Gasteiger partial charge < -0.3 is 19.2 Å². The van der Waals surface area contributed by atoms with Crippen LogP contribution in [-0.4, -0.2) is 13.7 Å². The average molecular weight is 261 g/mol. The Hall–Kier alpha value is -1.94. The van der Waals surface area contributed by atoms with Crippen molar-refractivity contribution in [2.45, 2.75) is 20.1 Å². The van der Waals surface area contributed by atoms with Gasteiger partial charge in [0.2, 0.25) is 0 Å². The van der Waals surface area contributed by atoms with Crippen LogP contribution in [0.2, 0.25) is 0 Å². The number of nitrogens with one attached hydrogen (secondary N) is 1. The molecule has 0 unspecified atom stereocenters. The molecule has 0 aliphatic rings. The van der Waals surface area contributed by atoms with Gasteiger partial charge in [-0.05, 0) is 30.8 Å². The fourth-order valence-corrected chi connectivity index (χ4v) is 1.69. The van der Waals surface area contributed by atoms with Crippen LogP contribution in [0.3, 0.4) is 0 Å². The summed E-state index contributed by atoms with van der Waals surface area (Å²) in [5.41, 5.74) is 0. The summed E-state index contributed by atoms with van der Waals surface area (Å²) in [6.07, 6.45) is 0. The van der Waals surface area contributed by atoms with E-state index in [0.717, 1.165) is 36.1 Å². The number of benzene rings is 1. The van der Waals surface area contributed by atoms with E-state index in [9.17, 15) is 0 Å². The molecule has 0 radical (unpaired) electrons. The Balaban J connectivity index is 1.89. The number of hydrogen-bond acceptors (Lipinski definition) is 4. The van der Waals surface area contributed by atoms with Crippen molar-refractivity contribution in [1.82, 2.24) is 5.32 Å². The summed E-state index contributed by atoms with van der Waals surface area (Å²) in [6, 6.07) is 11.4. The number of ether oxygens (including phenoxy) is 2. The van der Waals surface area contributed by atoms with Crippen molar-refractivity contribution >= 4 is 0 Å². The summed E-state index contributed by atoms with van der Waals surface area (Å²) in [6.45, 7) is 4.15. The van der Waals surface area contributed by atoms with Gasteiger partial charge in [0.1, 0.15) is 29.6 Å². The lowest BCUT2D eigenvalue weighted by atomic mass is 10.3. The van der Waals surface area contributed by atoms with Gasteiger partial charge in [-0.2, -0.15) is 0 Å². The van der Waals surface area contributed by atoms with E-state index in [2.05, 4.69) is 12.2 Å². The quantitative estimate of drug-likeness (QED) is 0.832. The number of methoxy groups -OCH3 is 1. The zero-order valence-corrected chi connectivity index (χ0v) is 11.3. The minimum Gasteiger partial charge on any atom is -0.497 e. The van der Waals surface area contributed by atoms with E-state index in [-0.39, 0.29) is 0 Å². The Bertz CT molecular complexity index is 508. The SMILES string of the molecule is CCNCc1ccc(COc2cccc(OC)c2)o1. The average Bonchev–Trinajstić information content (AvgIpc) is 2.91. The smallest absolute Gasteiger partial charge is 0.146 e. The third-order valence-electron chi connectivity index (χ3n) is 2.69. The molecule has 19 heavy (non-hydrogen) atoms. The Morgan fingerprint density at radius 1 is 1.11 bits per heavy atom. The molecular formula is C15H19NO3. The van der Waals surface area contributed by atoms with Crippen molar-refractivity contribution in [1.29, 1.82) is 0 Å². The molecule has 1 aromatic carbocycles. The maximum Gasteiger partial charge on any atom is 0.146 e. The topological polar surface area (TPSA) is 43.6 Å². The second-order valence-corrected chi connectivity index (χ2v) is 4.12. The fourth-order valence-electron chi connectivity index (χ4n) is 1.69. The second kappa shape index (κ2) is 6.85. The van der Waals surface area contributed by atoms with Gasteiger partial charge >= 0.3 is 0 Å². The Kier molecular flexibility index (Phi) is 4.86. The molecule has 0 amide bonds. The van der Waals surface area contributed by atoms with Crippen molar-refractivity contribution in [2.75, 3.05) is 13.7 Å². The third kappa shape index (κ3) is 4.03. The lowest BCUT2D eigenvalue weighted by Crippen LogP contribution is -2.10. The summed E-state index contributed by atoms with van der Waals surface area (Å²) < 4.78 is 16.4. The molecule has 4 heteroatoms. The molecule has 0 saturated heterocycles. The lowest BCUT2D eigenvalue weighted by Gasteiger charge is -2.06. The highest BCUT2D eigenvalue weighted by Gasteiger charge is 2.03. The van der Waals surface area contributed by atoms with Gasteiger partial charge in [0.05, 0.1) is 13.7 Å². The van der Waals surface area contributed by atoms with Crippen molar-refractivity contribution in [3.8, 4) is 11.5 Å². The van der Waals surface area contributed by atoms with E-state index in [4.69, 9.17) is 13.9 Å². The summed E-state index contributed by atoms with van der Waals surface area (Å²) in [5, 5.41) is 3.22. The van der Waals surface area contributed by atoms with Crippen LogP contribution in [0, 0.1) is 0 Å². The van der Waals surface area contributed by atoms with Crippen LogP contribution in [-0.2, 0) is 13.2 Å². The van der Waals surface area contributed by atoms with Crippen LogP contribution < -0.4 is 14.8 Å². The highest BCUT2D eigenvalue weighted by Crippen LogP contribution is 2.20. The first-order valence-corrected chi connectivity index (χ1v) is 6.37. The van der Waals surface area contributed by atoms with Crippen LogP contribution in [0.5, 0.6) is 11.5 Å². The van der Waals surface area contributed by atoms with E-state index in [1.807, 2.05) is 36.4 Å². The van der Waals surface area contributed by atoms with E-state index in [0.29, 0.717) is 6.61 Å². The lowest BCUT2D eigenvalue weighted by molar-refractivity contribution is 0.264. The molecule has 0 saturated carbocycles. The predicted molar refractivity (Wildman–Crippen MR) is 73.4 cm³/mol. The molecule has 2 aromatic rings. The first-order valence-electron chi connectivity index (χ1n) is 6.37. The maximum absolute atomic E-state index is 5.66. The minimum atomic E-state index is 0.416. The molecule has 102 valence electrons. The molecule has 0 bridgehead atoms. The normalized spacial score (nSPS) is 10.4. The van der Waals surface area contributed by atoms with E-state index < -0.39 is 0 Å². The molecule has 2 rings (SSSR count). The first kappa shape index (κ1) is 13.5. The van der Waals surface area contributed by atoms with Crippen LogP contribution in [0.1, 0.15) is 18.4 Å². The molecule has 0 spiro atoms. The van der Waals surface area contributed by atoms with E-state index >= 15 is 0 Å². The molecule has 4 nitrogen and oxygen atoms in total. The van der Waals surface area contributed by atoms with Crippen molar-refractivity contribution in [3.05, 3.63) is 47.9 Å². The van der Waals surface area contributed by atoms with Crippen molar-refractivity contribution in [2.24, 2.45) is 0 Å². The number of hydrogen-bond donors (Lipinski definition) is 1. The van der Waals surface area contributed by atoms with E-state index in [1.165, 1.54) is 0 Å². The van der Waals surface area contributed by atoms with Gasteiger partial charge in [-0.3, -0.25) is 0 Å². The summed E-state index contributed by atoms with van der Waals surface area (Å²) in [7, 11) is 1.64. The van der Waals surface area contributed by atoms with Gasteiger partial charge in [-0.15, -0.1) is 0 Å². The maximum atomic E-state index is 5.66. The molecule has 0 fully saturated rings. The molecular weight excluding hydrogens is 242 g/mol. The molecule has 0 aliphatic heterocycles. The van der Waals surface area contributed by atoms with Crippen molar-refractivity contribution in [3.63, 3.8) is 0 Å². The first-order chi connectivity index (χ1) is 9.31. The summed E-state index contributed by atoms with van der Waals surface area (Å²) >= 11 is 0. The van der Waals surface area contributed by atoms with Gasteiger partial charge in [0, 0.05) is 6.07 Å². The van der Waals surface area contributed by atoms with Crippen LogP contribution in [0.15, 0.2) is 40.8 Å². The van der Waals surface area contributed by atoms with Crippen LogP contribution in [0.25, 0.3) is 0 Å². The fraction of sp³-hybridized carbons (Fsp3) is 0.333. The third-order valence-corrected chi connectivity index (χ3v) is 2.69. The molecule has 1 heterocycles. The molecule has 0 atom stereocenters. The van der Waals surface area contributed by atoms with Gasteiger partial charge in [-0.25, -0.2) is 0 Å².